The van der Waals surface area contributed by atoms with E-state index in [2.05, 4.69) is 22.1 Å². The molecule has 0 radical (unpaired) electrons. The quantitative estimate of drug-likeness (QED) is 0.926. The predicted molar refractivity (Wildman–Crippen MR) is 74.2 cm³/mol. The maximum absolute atomic E-state index is 12.2. The van der Waals surface area contributed by atoms with Crippen molar-refractivity contribution in [2.75, 3.05) is 4.83 Å². The third-order valence-corrected chi connectivity index (χ3v) is 4.83. The van der Waals surface area contributed by atoms with Crippen LogP contribution in [0.1, 0.15) is 24.7 Å². The topological polar surface area (TPSA) is 76.9 Å². The van der Waals surface area contributed by atoms with Crippen LogP contribution in [0.25, 0.3) is 0 Å². The van der Waals surface area contributed by atoms with Crippen LogP contribution >= 0.6 is 0 Å². The summed E-state index contributed by atoms with van der Waals surface area (Å²) in [5.74, 6) is 0.568. The van der Waals surface area contributed by atoms with Gasteiger partial charge in [0.25, 0.3) is 10.0 Å². The molecule has 6 nitrogen and oxygen atoms in total. The first-order valence-corrected chi connectivity index (χ1v) is 8.06. The highest BCUT2D eigenvalue weighted by Crippen LogP contribution is 2.23. The second-order valence-corrected chi connectivity index (χ2v) is 6.81. The first-order chi connectivity index (χ1) is 9.56. The number of hydrogen-bond acceptors (Lipinski definition) is 4. The van der Waals surface area contributed by atoms with Gasteiger partial charge in [0.1, 0.15) is 0 Å². The van der Waals surface area contributed by atoms with Crippen molar-refractivity contribution in [3.8, 4) is 0 Å². The number of rotatable bonds is 3. The Morgan fingerprint density at radius 2 is 2.05 bits per heavy atom. The molecular weight excluding hydrogens is 276 g/mol. The number of nitrogens with zero attached hydrogens (tertiary/aromatic N) is 3. The lowest BCUT2D eigenvalue weighted by atomic mass is 9.91. The molecule has 0 spiro atoms. The summed E-state index contributed by atoms with van der Waals surface area (Å²) >= 11 is 0. The Labute approximate surface area is 117 Å². The zero-order valence-electron chi connectivity index (χ0n) is 11.2. The molecule has 2 aromatic rings. The van der Waals surface area contributed by atoms with E-state index in [4.69, 9.17) is 0 Å². The number of hydrogen-bond donors (Lipinski definition) is 1. The van der Waals surface area contributed by atoms with Gasteiger partial charge in [-0.3, -0.25) is 0 Å². The molecule has 20 heavy (non-hydrogen) atoms. The Kier molecular flexibility index (Phi) is 3.21. The summed E-state index contributed by atoms with van der Waals surface area (Å²) in [7, 11) is -3.62. The predicted octanol–water partition coefficient (Wildman–Crippen LogP) is 1.34. The van der Waals surface area contributed by atoms with Crippen molar-refractivity contribution in [3.63, 3.8) is 0 Å². The molecule has 1 heterocycles. The Balaban J connectivity index is 1.89. The fourth-order valence-electron chi connectivity index (χ4n) is 2.40. The van der Waals surface area contributed by atoms with Gasteiger partial charge in [0.05, 0.1) is 16.3 Å². The molecular formula is C13H16N4O2S. The number of benzene rings is 1. The van der Waals surface area contributed by atoms with Crippen LogP contribution in [0, 0.1) is 5.92 Å². The molecule has 7 heteroatoms. The average Bonchev–Trinajstić information content (AvgIpc) is 2.81. The van der Waals surface area contributed by atoms with Gasteiger partial charge in [0.2, 0.25) is 0 Å². The third-order valence-electron chi connectivity index (χ3n) is 3.52. The molecule has 0 fully saturated rings. The Morgan fingerprint density at radius 3 is 2.80 bits per heavy atom. The fourth-order valence-corrected chi connectivity index (χ4v) is 3.39. The molecule has 0 bridgehead atoms. The average molecular weight is 292 g/mol. The van der Waals surface area contributed by atoms with E-state index in [1.54, 1.807) is 30.3 Å². The van der Waals surface area contributed by atoms with E-state index in [-0.39, 0.29) is 4.90 Å². The normalized spacial score (nSPS) is 18.6. The molecule has 1 aliphatic rings. The molecule has 1 aromatic carbocycles. The summed E-state index contributed by atoms with van der Waals surface area (Å²) in [4.78, 5) is 3.98. The Hall–Kier alpha value is -1.89. The molecule has 1 unspecified atom stereocenters. The second kappa shape index (κ2) is 4.90. The summed E-state index contributed by atoms with van der Waals surface area (Å²) < 4.78 is 24.5. The number of aromatic nitrogens is 3. The fraction of sp³-hybridized carbons (Fsp3) is 0.385. The minimum absolute atomic E-state index is 0.216. The minimum atomic E-state index is -3.62. The lowest BCUT2D eigenvalue weighted by Gasteiger charge is -2.18. The van der Waals surface area contributed by atoms with Crippen LogP contribution in [0.3, 0.4) is 0 Å². The maximum atomic E-state index is 12.2. The standard InChI is InChI=1S/C13H16N4O2S/c1-10-7-8-13-12(9-10)14-15-17(13)16-20(18,19)11-5-3-2-4-6-11/h2-6,10,16H,7-9H2,1H3. The molecule has 0 aliphatic heterocycles. The lowest BCUT2D eigenvalue weighted by molar-refractivity contribution is 0.485. The smallest absolute Gasteiger partial charge is 0.200 e. The van der Waals surface area contributed by atoms with Crippen LogP contribution in [0.5, 0.6) is 0 Å². The van der Waals surface area contributed by atoms with Crippen molar-refractivity contribution < 1.29 is 8.42 Å². The molecule has 0 saturated heterocycles. The Morgan fingerprint density at radius 1 is 1.30 bits per heavy atom. The first-order valence-electron chi connectivity index (χ1n) is 6.57. The van der Waals surface area contributed by atoms with Crippen LogP contribution < -0.4 is 4.83 Å². The summed E-state index contributed by atoms with van der Waals surface area (Å²) in [5.41, 5.74) is 1.75. The number of fused-ring (bicyclic) bond motifs is 1. The summed E-state index contributed by atoms with van der Waals surface area (Å²) in [6.07, 6.45) is 2.66. The highest BCUT2D eigenvalue weighted by Gasteiger charge is 2.24. The molecule has 1 N–H and O–H groups in total. The molecule has 0 saturated carbocycles. The molecule has 106 valence electrons. The monoisotopic (exact) mass is 292 g/mol. The van der Waals surface area contributed by atoms with Gasteiger partial charge in [-0.25, -0.2) is 0 Å². The van der Waals surface area contributed by atoms with Crippen molar-refractivity contribution in [3.05, 3.63) is 41.7 Å². The number of nitrogens with one attached hydrogen (secondary N) is 1. The van der Waals surface area contributed by atoms with Gasteiger partial charge in [-0.2, -0.15) is 13.2 Å². The van der Waals surface area contributed by atoms with Crippen molar-refractivity contribution in [2.24, 2.45) is 5.92 Å². The van der Waals surface area contributed by atoms with E-state index in [0.717, 1.165) is 30.7 Å². The summed E-state index contributed by atoms with van der Waals surface area (Å²) in [5, 5.41) is 7.99. The van der Waals surface area contributed by atoms with E-state index < -0.39 is 10.0 Å². The van der Waals surface area contributed by atoms with Crippen molar-refractivity contribution in [2.45, 2.75) is 31.1 Å². The molecule has 3 rings (SSSR count). The Bertz CT molecular complexity index is 709. The van der Waals surface area contributed by atoms with Crippen molar-refractivity contribution in [1.82, 2.24) is 15.1 Å². The summed E-state index contributed by atoms with van der Waals surface area (Å²) in [6.45, 7) is 2.16. The van der Waals surface area contributed by atoms with Gasteiger partial charge in [0.15, 0.2) is 0 Å². The second-order valence-electron chi connectivity index (χ2n) is 5.15. The van der Waals surface area contributed by atoms with E-state index in [0.29, 0.717) is 5.92 Å². The van der Waals surface area contributed by atoms with Gasteiger partial charge in [0, 0.05) is 0 Å². The lowest BCUT2D eigenvalue weighted by Crippen LogP contribution is -2.27. The highest BCUT2D eigenvalue weighted by atomic mass is 32.2. The third kappa shape index (κ3) is 2.40. The van der Waals surface area contributed by atoms with Gasteiger partial charge in [-0.1, -0.05) is 25.1 Å². The van der Waals surface area contributed by atoms with Crippen molar-refractivity contribution >= 4 is 10.0 Å². The van der Waals surface area contributed by atoms with Gasteiger partial charge < -0.3 is 0 Å². The van der Waals surface area contributed by atoms with Crippen LogP contribution in [-0.2, 0) is 22.9 Å². The largest absolute Gasteiger partial charge is 0.276 e. The van der Waals surface area contributed by atoms with Crippen LogP contribution in [0.15, 0.2) is 35.2 Å². The summed E-state index contributed by atoms with van der Waals surface area (Å²) in [6, 6.07) is 8.25. The zero-order valence-corrected chi connectivity index (χ0v) is 12.0. The van der Waals surface area contributed by atoms with Gasteiger partial charge in [-0.05, 0) is 42.5 Å². The van der Waals surface area contributed by atoms with E-state index >= 15 is 0 Å². The SMILES string of the molecule is CC1CCc2c(nnn2NS(=O)(=O)c2ccccc2)C1. The molecule has 1 atom stereocenters. The van der Waals surface area contributed by atoms with E-state index in [9.17, 15) is 8.42 Å². The van der Waals surface area contributed by atoms with Gasteiger partial charge >= 0.3 is 0 Å². The van der Waals surface area contributed by atoms with Crippen LogP contribution in [0.4, 0.5) is 0 Å². The minimum Gasteiger partial charge on any atom is -0.200 e. The van der Waals surface area contributed by atoms with Crippen LogP contribution in [0.2, 0.25) is 0 Å². The molecule has 0 amide bonds. The van der Waals surface area contributed by atoms with Crippen LogP contribution in [-0.4, -0.2) is 23.5 Å². The van der Waals surface area contributed by atoms with Crippen molar-refractivity contribution in [1.29, 1.82) is 0 Å². The highest BCUT2D eigenvalue weighted by molar-refractivity contribution is 7.92. The first kappa shape index (κ1) is 13.1. The van der Waals surface area contributed by atoms with Gasteiger partial charge in [-0.15, -0.1) is 9.89 Å². The number of sulfonamides is 1. The zero-order chi connectivity index (χ0) is 14.2. The molecule has 1 aliphatic carbocycles. The maximum Gasteiger partial charge on any atom is 0.276 e. The van der Waals surface area contributed by atoms with E-state index in [1.807, 2.05) is 0 Å². The molecule has 1 aromatic heterocycles. The van der Waals surface area contributed by atoms with E-state index in [1.165, 1.54) is 4.79 Å².